The van der Waals surface area contributed by atoms with Gasteiger partial charge in [-0.25, -0.2) is 4.98 Å². The Labute approximate surface area is 210 Å². The fourth-order valence-electron chi connectivity index (χ4n) is 5.32. The molecule has 2 aliphatic rings. The van der Waals surface area contributed by atoms with Crippen LogP contribution in [0.3, 0.4) is 0 Å². The van der Waals surface area contributed by atoms with Gasteiger partial charge in [-0.3, -0.25) is 4.79 Å². The standard InChI is InChI=1S/C26H30ClN5O3/c1-26(2)21(15-5-7-16(27)8-6-15)22(26)24(33)31-9-11-32(12-10-31)25-29-18-14-20(35-4)19(34-3)13-17(18)23(28)30-25/h5-8,13-14,21-22H,9-12H2,1-4H3,(H2,28,29,30)/t21-,22+/m0/s1. The molecule has 2 aromatic carbocycles. The number of amides is 1. The van der Waals surface area contributed by atoms with Crippen molar-refractivity contribution in [2.75, 3.05) is 51.0 Å². The molecular formula is C26H30ClN5O3. The van der Waals surface area contributed by atoms with E-state index in [1.165, 1.54) is 5.56 Å². The number of ether oxygens (including phenoxy) is 2. The molecule has 1 aliphatic carbocycles. The van der Waals surface area contributed by atoms with Crippen LogP contribution < -0.4 is 20.1 Å². The van der Waals surface area contributed by atoms with E-state index in [0.29, 0.717) is 65.4 Å². The highest BCUT2D eigenvalue weighted by Crippen LogP contribution is 2.65. The molecule has 184 valence electrons. The average Bonchev–Trinajstić information content (AvgIpc) is 3.44. The van der Waals surface area contributed by atoms with Crippen LogP contribution in [0.1, 0.15) is 25.3 Å². The predicted molar refractivity (Wildman–Crippen MR) is 137 cm³/mol. The van der Waals surface area contributed by atoms with E-state index in [-0.39, 0.29) is 23.2 Å². The number of hydrogen-bond donors (Lipinski definition) is 1. The second-order valence-corrected chi connectivity index (χ2v) is 10.2. The van der Waals surface area contributed by atoms with Gasteiger partial charge in [0.15, 0.2) is 11.5 Å². The van der Waals surface area contributed by atoms with Crippen LogP contribution in [0.2, 0.25) is 5.02 Å². The van der Waals surface area contributed by atoms with Crippen LogP contribution >= 0.6 is 11.6 Å². The first-order chi connectivity index (χ1) is 16.7. The third kappa shape index (κ3) is 4.10. The lowest BCUT2D eigenvalue weighted by Crippen LogP contribution is -2.50. The van der Waals surface area contributed by atoms with Crippen molar-refractivity contribution in [2.45, 2.75) is 19.8 Å². The van der Waals surface area contributed by atoms with Gasteiger partial charge in [-0.05, 0) is 29.2 Å². The van der Waals surface area contributed by atoms with Gasteiger partial charge in [0.05, 0.1) is 25.7 Å². The van der Waals surface area contributed by atoms with Crippen molar-refractivity contribution in [1.82, 2.24) is 14.9 Å². The minimum Gasteiger partial charge on any atom is -0.493 e. The van der Waals surface area contributed by atoms with Crippen LogP contribution in [0, 0.1) is 11.3 Å². The summed E-state index contributed by atoms with van der Waals surface area (Å²) in [5.74, 6) is 2.50. The number of benzene rings is 2. The Morgan fingerprint density at radius 2 is 1.66 bits per heavy atom. The zero-order valence-electron chi connectivity index (χ0n) is 20.4. The molecule has 0 radical (unpaired) electrons. The second-order valence-electron chi connectivity index (χ2n) is 9.77. The van der Waals surface area contributed by atoms with Gasteiger partial charge in [0, 0.05) is 48.6 Å². The number of carbonyl (C=O) groups excluding carboxylic acids is 1. The van der Waals surface area contributed by atoms with E-state index < -0.39 is 0 Å². The molecule has 5 rings (SSSR count). The number of piperazine rings is 1. The van der Waals surface area contributed by atoms with Crippen molar-refractivity contribution in [3.05, 3.63) is 47.0 Å². The Kier molecular flexibility index (Phi) is 5.87. The third-order valence-electron chi connectivity index (χ3n) is 7.42. The van der Waals surface area contributed by atoms with Gasteiger partial charge >= 0.3 is 0 Å². The molecule has 2 atom stereocenters. The molecule has 3 aromatic rings. The summed E-state index contributed by atoms with van der Waals surface area (Å²) < 4.78 is 10.8. The molecule has 2 heterocycles. The maximum atomic E-state index is 13.4. The number of rotatable bonds is 5. The van der Waals surface area contributed by atoms with Crippen molar-refractivity contribution in [3.8, 4) is 11.5 Å². The van der Waals surface area contributed by atoms with Gasteiger partial charge in [0.2, 0.25) is 11.9 Å². The largest absolute Gasteiger partial charge is 0.493 e. The topological polar surface area (TPSA) is 93.8 Å². The molecule has 1 aliphatic heterocycles. The van der Waals surface area contributed by atoms with Gasteiger partial charge in [0.25, 0.3) is 0 Å². The number of nitrogen functional groups attached to an aromatic ring is 1. The van der Waals surface area contributed by atoms with Crippen molar-refractivity contribution in [3.63, 3.8) is 0 Å². The molecule has 0 unspecified atom stereocenters. The van der Waals surface area contributed by atoms with E-state index >= 15 is 0 Å². The molecule has 35 heavy (non-hydrogen) atoms. The predicted octanol–water partition coefficient (Wildman–Crippen LogP) is 3.97. The molecule has 1 saturated heterocycles. The molecule has 8 nitrogen and oxygen atoms in total. The maximum absolute atomic E-state index is 13.4. The zero-order chi connectivity index (χ0) is 24.9. The number of methoxy groups -OCH3 is 2. The second kappa shape index (κ2) is 8.75. The van der Waals surface area contributed by atoms with Gasteiger partial charge in [-0.15, -0.1) is 0 Å². The number of nitrogens with two attached hydrogens (primary N) is 1. The number of fused-ring (bicyclic) bond motifs is 1. The van der Waals surface area contributed by atoms with Gasteiger partial charge in [-0.2, -0.15) is 4.98 Å². The molecule has 1 amide bonds. The molecule has 9 heteroatoms. The highest BCUT2D eigenvalue weighted by molar-refractivity contribution is 6.30. The van der Waals surface area contributed by atoms with E-state index in [4.69, 9.17) is 31.8 Å². The Hall–Kier alpha value is -3.26. The van der Waals surface area contributed by atoms with E-state index in [0.717, 1.165) is 0 Å². The van der Waals surface area contributed by atoms with Crippen LogP contribution in [0.25, 0.3) is 10.9 Å². The Bertz CT molecular complexity index is 1270. The van der Waals surface area contributed by atoms with Crippen LogP contribution in [0.5, 0.6) is 11.5 Å². The molecule has 0 bridgehead atoms. The minimum absolute atomic E-state index is 0.0229. The van der Waals surface area contributed by atoms with Crippen LogP contribution in [-0.4, -0.2) is 61.2 Å². The van der Waals surface area contributed by atoms with E-state index in [1.807, 2.05) is 35.2 Å². The normalized spacial score (nSPS) is 21.2. The van der Waals surface area contributed by atoms with Gasteiger partial charge in [-0.1, -0.05) is 37.6 Å². The van der Waals surface area contributed by atoms with Crippen molar-refractivity contribution < 1.29 is 14.3 Å². The summed E-state index contributed by atoms with van der Waals surface area (Å²) in [6.45, 7) is 6.85. The first-order valence-electron chi connectivity index (χ1n) is 11.7. The van der Waals surface area contributed by atoms with Crippen LogP contribution in [0.15, 0.2) is 36.4 Å². The highest BCUT2D eigenvalue weighted by Gasteiger charge is 2.63. The SMILES string of the molecule is COc1cc2nc(N3CCN(C(=O)[C@H]4[C@H](c5ccc(Cl)cc5)C4(C)C)CC3)nc(N)c2cc1OC. The molecule has 2 fully saturated rings. The molecule has 0 spiro atoms. The Morgan fingerprint density at radius 1 is 1.03 bits per heavy atom. The van der Waals surface area contributed by atoms with Crippen LogP contribution in [0.4, 0.5) is 11.8 Å². The maximum Gasteiger partial charge on any atom is 0.228 e. The summed E-state index contributed by atoms with van der Waals surface area (Å²) in [7, 11) is 3.17. The van der Waals surface area contributed by atoms with Gasteiger partial charge < -0.3 is 25.0 Å². The lowest BCUT2D eigenvalue weighted by molar-refractivity contribution is -0.133. The number of anilines is 2. The van der Waals surface area contributed by atoms with Crippen molar-refractivity contribution >= 4 is 40.2 Å². The monoisotopic (exact) mass is 495 g/mol. The first kappa shape index (κ1) is 23.5. The lowest BCUT2D eigenvalue weighted by Gasteiger charge is -2.35. The quantitative estimate of drug-likeness (QED) is 0.572. The van der Waals surface area contributed by atoms with Crippen molar-refractivity contribution in [1.29, 1.82) is 0 Å². The Balaban J connectivity index is 1.29. The zero-order valence-corrected chi connectivity index (χ0v) is 21.2. The molecule has 2 N–H and O–H groups in total. The summed E-state index contributed by atoms with van der Waals surface area (Å²) in [4.78, 5) is 26.7. The summed E-state index contributed by atoms with van der Waals surface area (Å²) in [6, 6.07) is 11.5. The molecule has 1 saturated carbocycles. The van der Waals surface area contributed by atoms with Crippen molar-refractivity contribution in [2.24, 2.45) is 11.3 Å². The molecular weight excluding hydrogens is 466 g/mol. The van der Waals surface area contributed by atoms with E-state index in [2.05, 4.69) is 23.7 Å². The Morgan fingerprint density at radius 3 is 2.29 bits per heavy atom. The molecule has 1 aromatic heterocycles. The smallest absolute Gasteiger partial charge is 0.228 e. The minimum atomic E-state index is -0.0714. The number of aromatic nitrogens is 2. The number of halogens is 1. The fraction of sp³-hybridized carbons (Fsp3) is 0.423. The van der Waals surface area contributed by atoms with E-state index in [9.17, 15) is 4.79 Å². The number of nitrogens with zero attached hydrogens (tertiary/aromatic N) is 4. The first-order valence-corrected chi connectivity index (χ1v) is 12.1. The third-order valence-corrected chi connectivity index (χ3v) is 7.67. The number of carbonyl (C=O) groups is 1. The van der Waals surface area contributed by atoms with E-state index in [1.54, 1.807) is 20.3 Å². The van der Waals surface area contributed by atoms with Gasteiger partial charge in [0.1, 0.15) is 5.82 Å². The summed E-state index contributed by atoms with van der Waals surface area (Å²) >= 11 is 6.05. The fourth-order valence-corrected chi connectivity index (χ4v) is 5.45. The highest BCUT2D eigenvalue weighted by atomic mass is 35.5. The average molecular weight is 496 g/mol. The number of hydrogen-bond acceptors (Lipinski definition) is 7. The van der Waals surface area contributed by atoms with Crippen LogP contribution in [-0.2, 0) is 4.79 Å². The summed E-state index contributed by atoms with van der Waals surface area (Å²) in [6.07, 6.45) is 0. The summed E-state index contributed by atoms with van der Waals surface area (Å²) in [5, 5.41) is 1.42. The lowest BCUT2D eigenvalue weighted by atomic mass is 10.0. The summed E-state index contributed by atoms with van der Waals surface area (Å²) in [5.41, 5.74) is 8.05.